The SMILES string of the molecule is CCC(C)c1ccccc1OCCn1cc(/C=c2\sc3nc4ccccc4n3c2=O)c2ccccc21. The Balaban J connectivity index is 1.34. The van der Waals surface area contributed by atoms with E-state index in [2.05, 4.69) is 59.9 Å². The summed E-state index contributed by atoms with van der Waals surface area (Å²) in [6.45, 7) is 5.72. The molecule has 0 amide bonds. The summed E-state index contributed by atoms with van der Waals surface area (Å²) in [6.07, 6.45) is 5.19. The third kappa shape index (κ3) is 3.88. The highest BCUT2D eigenvalue weighted by Crippen LogP contribution is 2.29. The maximum Gasteiger partial charge on any atom is 0.274 e. The second-order valence-electron chi connectivity index (χ2n) is 9.12. The van der Waals surface area contributed by atoms with Crippen LogP contribution in [-0.4, -0.2) is 20.6 Å². The number of para-hydroxylation sites is 4. The summed E-state index contributed by atoms with van der Waals surface area (Å²) >= 11 is 1.43. The van der Waals surface area contributed by atoms with Gasteiger partial charge < -0.3 is 9.30 Å². The molecule has 0 saturated carbocycles. The minimum Gasteiger partial charge on any atom is -0.491 e. The fourth-order valence-electron chi connectivity index (χ4n) is 4.82. The number of fused-ring (bicyclic) bond motifs is 4. The van der Waals surface area contributed by atoms with Gasteiger partial charge in [0.2, 0.25) is 0 Å². The number of nitrogens with zero attached hydrogens (tertiary/aromatic N) is 3. The minimum absolute atomic E-state index is 0.0227. The number of imidazole rings is 1. The van der Waals surface area contributed by atoms with Crippen molar-refractivity contribution >= 4 is 44.3 Å². The van der Waals surface area contributed by atoms with E-state index >= 15 is 0 Å². The van der Waals surface area contributed by atoms with Gasteiger partial charge in [0.25, 0.3) is 5.56 Å². The van der Waals surface area contributed by atoms with Crippen molar-refractivity contribution in [3.63, 3.8) is 0 Å². The maximum atomic E-state index is 13.3. The van der Waals surface area contributed by atoms with Gasteiger partial charge in [-0.25, -0.2) is 9.38 Å². The number of ether oxygens (including phenoxy) is 1. The zero-order chi connectivity index (χ0) is 24.6. The van der Waals surface area contributed by atoms with Crippen LogP contribution in [0.5, 0.6) is 5.75 Å². The molecule has 180 valence electrons. The highest BCUT2D eigenvalue weighted by molar-refractivity contribution is 7.15. The molecule has 36 heavy (non-hydrogen) atoms. The Morgan fingerprint density at radius 3 is 2.61 bits per heavy atom. The van der Waals surface area contributed by atoms with Crippen molar-refractivity contribution in [2.75, 3.05) is 6.61 Å². The van der Waals surface area contributed by atoms with Crippen molar-refractivity contribution in [1.29, 1.82) is 0 Å². The Hall–Kier alpha value is -3.90. The molecule has 0 N–H and O–H groups in total. The Kier molecular flexibility index (Phi) is 5.82. The van der Waals surface area contributed by atoms with E-state index in [9.17, 15) is 4.79 Å². The number of hydrogen-bond acceptors (Lipinski definition) is 4. The summed E-state index contributed by atoms with van der Waals surface area (Å²) in [7, 11) is 0. The summed E-state index contributed by atoms with van der Waals surface area (Å²) in [5, 5.41) is 1.12. The molecule has 5 nitrogen and oxygen atoms in total. The molecule has 0 bridgehead atoms. The molecule has 0 fully saturated rings. The third-order valence-electron chi connectivity index (χ3n) is 6.90. The summed E-state index contributed by atoms with van der Waals surface area (Å²) in [6, 6.07) is 24.4. The highest BCUT2D eigenvalue weighted by Gasteiger charge is 2.13. The molecule has 3 heterocycles. The van der Waals surface area contributed by atoms with Gasteiger partial charge in [-0.3, -0.25) is 4.79 Å². The van der Waals surface area contributed by atoms with Gasteiger partial charge in [0.1, 0.15) is 12.4 Å². The van der Waals surface area contributed by atoms with E-state index in [1.165, 1.54) is 16.9 Å². The predicted molar refractivity (Wildman–Crippen MR) is 148 cm³/mol. The lowest BCUT2D eigenvalue weighted by Crippen LogP contribution is -2.22. The molecule has 3 aromatic heterocycles. The van der Waals surface area contributed by atoms with Gasteiger partial charge in [0, 0.05) is 22.7 Å². The third-order valence-corrected chi connectivity index (χ3v) is 7.87. The molecule has 0 radical (unpaired) electrons. The second kappa shape index (κ2) is 9.28. The molecule has 0 saturated heterocycles. The van der Waals surface area contributed by atoms with E-state index in [-0.39, 0.29) is 5.56 Å². The summed E-state index contributed by atoms with van der Waals surface area (Å²) in [5.74, 6) is 1.42. The first kappa shape index (κ1) is 22.6. The Bertz CT molecular complexity index is 1810. The summed E-state index contributed by atoms with van der Waals surface area (Å²) < 4.78 is 10.9. The maximum absolute atomic E-state index is 13.3. The lowest BCUT2D eigenvalue weighted by atomic mass is 9.98. The normalized spacial score (nSPS) is 13.2. The Labute approximate surface area is 212 Å². The molecule has 1 unspecified atom stereocenters. The van der Waals surface area contributed by atoms with Gasteiger partial charge in [-0.05, 0) is 48.2 Å². The number of benzene rings is 3. The van der Waals surface area contributed by atoms with Crippen LogP contribution >= 0.6 is 11.3 Å². The first-order chi connectivity index (χ1) is 17.6. The van der Waals surface area contributed by atoms with Gasteiger partial charge in [0.05, 0.1) is 22.1 Å². The van der Waals surface area contributed by atoms with Crippen LogP contribution in [0, 0.1) is 0 Å². The molecular formula is C30H27N3O2S. The van der Waals surface area contributed by atoms with Gasteiger partial charge >= 0.3 is 0 Å². The number of hydrogen-bond donors (Lipinski definition) is 0. The standard InChI is InChI=1S/C30H27N3O2S/c1-3-20(2)22-10-5-9-15-27(22)35-17-16-32-19-21(23-11-4-7-13-25(23)32)18-28-29(34)33-26-14-8-6-12-24(26)31-30(33)36-28/h4-15,18-20H,3,16-17H2,1-2H3/b28-18-. The zero-order valence-corrected chi connectivity index (χ0v) is 21.2. The second-order valence-corrected chi connectivity index (χ2v) is 10.1. The average Bonchev–Trinajstić information content (AvgIpc) is 3.55. The fraction of sp³-hybridized carbons (Fsp3) is 0.200. The molecule has 3 aromatic carbocycles. The first-order valence-electron chi connectivity index (χ1n) is 12.4. The topological polar surface area (TPSA) is 48.5 Å². The molecule has 6 aromatic rings. The van der Waals surface area contributed by atoms with Crippen molar-refractivity contribution < 1.29 is 4.74 Å². The molecule has 0 aliphatic rings. The van der Waals surface area contributed by atoms with E-state index in [4.69, 9.17) is 4.74 Å². The number of thiazole rings is 1. The van der Waals surface area contributed by atoms with Crippen LogP contribution in [0.3, 0.4) is 0 Å². The van der Waals surface area contributed by atoms with Crippen LogP contribution in [0.2, 0.25) is 0 Å². The van der Waals surface area contributed by atoms with Gasteiger partial charge in [-0.2, -0.15) is 0 Å². The minimum atomic E-state index is -0.0227. The van der Waals surface area contributed by atoms with Gasteiger partial charge in [0.15, 0.2) is 4.96 Å². The predicted octanol–water partition coefficient (Wildman–Crippen LogP) is 6.00. The monoisotopic (exact) mass is 493 g/mol. The molecule has 0 aliphatic heterocycles. The Morgan fingerprint density at radius 2 is 1.75 bits per heavy atom. The quantitative estimate of drug-likeness (QED) is 0.274. The van der Waals surface area contributed by atoms with Crippen molar-refractivity contribution in [2.45, 2.75) is 32.7 Å². The molecule has 6 rings (SSSR count). The van der Waals surface area contributed by atoms with E-state index in [1.54, 1.807) is 4.40 Å². The Morgan fingerprint density at radius 1 is 1.00 bits per heavy atom. The van der Waals surface area contributed by atoms with Crippen molar-refractivity contribution in [3.05, 3.63) is 105 Å². The van der Waals surface area contributed by atoms with Crippen molar-refractivity contribution in [3.8, 4) is 5.75 Å². The van der Waals surface area contributed by atoms with Crippen molar-refractivity contribution in [1.82, 2.24) is 14.0 Å². The van der Waals surface area contributed by atoms with E-state index < -0.39 is 0 Å². The van der Waals surface area contributed by atoms with Crippen LogP contribution < -0.4 is 14.8 Å². The van der Waals surface area contributed by atoms with Crippen LogP contribution in [0.1, 0.15) is 37.3 Å². The zero-order valence-electron chi connectivity index (χ0n) is 20.3. The number of aromatic nitrogens is 3. The van der Waals surface area contributed by atoms with Crippen molar-refractivity contribution in [2.24, 2.45) is 0 Å². The molecule has 1 atom stereocenters. The van der Waals surface area contributed by atoms with E-state index in [1.807, 2.05) is 48.5 Å². The van der Waals surface area contributed by atoms with E-state index in [0.29, 0.717) is 23.6 Å². The lowest BCUT2D eigenvalue weighted by Gasteiger charge is -2.16. The lowest BCUT2D eigenvalue weighted by molar-refractivity contribution is 0.296. The number of rotatable bonds is 7. The highest BCUT2D eigenvalue weighted by atomic mass is 32.1. The van der Waals surface area contributed by atoms with Crippen LogP contribution in [0.25, 0.3) is 33.0 Å². The fourth-order valence-corrected chi connectivity index (χ4v) is 5.80. The van der Waals surface area contributed by atoms with Crippen LogP contribution in [-0.2, 0) is 6.54 Å². The molecule has 0 spiro atoms. The average molecular weight is 494 g/mol. The van der Waals surface area contributed by atoms with Crippen LogP contribution in [0.4, 0.5) is 0 Å². The smallest absolute Gasteiger partial charge is 0.274 e. The van der Waals surface area contributed by atoms with Gasteiger partial charge in [-0.1, -0.05) is 73.7 Å². The molecule has 6 heteroatoms. The molecule has 0 aliphatic carbocycles. The molecular weight excluding hydrogens is 466 g/mol. The first-order valence-corrected chi connectivity index (χ1v) is 13.2. The largest absolute Gasteiger partial charge is 0.491 e. The summed E-state index contributed by atoms with van der Waals surface area (Å²) in [5.41, 5.74) is 5.08. The van der Waals surface area contributed by atoms with E-state index in [0.717, 1.165) is 44.6 Å². The summed E-state index contributed by atoms with van der Waals surface area (Å²) in [4.78, 5) is 18.6. The van der Waals surface area contributed by atoms with Crippen LogP contribution in [0.15, 0.2) is 83.8 Å². The van der Waals surface area contributed by atoms with Gasteiger partial charge in [-0.15, -0.1) is 0 Å².